The lowest BCUT2D eigenvalue weighted by Gasteiger charge is -2.33. The number of benzene rings is 2. The number of nitrogens with one attached hydrogen (secondary N) is 2. The standard InChI is InChI=1S/C26H30N2O7/c1-25(22(29)28-26(2,15-33-3)23(30)31)14-34-13-21(25)27-24(32)35-12-20-18-10-6-4-8-16(18)17-9-5-7-11-19(17)20/h4-11,20-21H,12-15H2,1-3H3,(H,27,32)(H,28,29)(H,30,31). The Hall–Kier alpha value is -3.43. The van der Waals surface area contributed by atoms with Crippen LogP contribution < -0.4 is 10.6 Å². The highest BCUT2D eigenvalue weighted by atomic mass is 16.5. The number of carbonyl (C=O) groups excluding carboxylic acids is 2. The Morgan fingerprint density at radius 2 is 1.71 bits per heavy atom. The van der Waals surface area contributed by atoms with Gasteiger partial charge in [0.2, 0.25) is 5.91 Å². The summed E-state index contributed by atoms with van der Waals surface area (Å²) in [5.74, 6) is -1.87. The third-order valence-corrected chi connectivity index (χ3v) is 6.90. The molecule has 0 aromatic heterocycles. The van der Waals surface area contributed by atoms with Crippen LogP contribution in [-0.2, 0) is 23.8 Å². The summed E-state index contributed by atoms with van der Waals surface area (Å²) in [6.45, 7) is 3.04. The number of hydrogen-bond acceptors (Lipinski definition) is 6. The number of hydrogen-bond donors (Lipinski definition) is 3. The minimum absolute atomic E-state index is 0.0236. The van der Waals surface area contributed by atoms with Crippen LogP contribution in [-0.4, -0.2) is 68.2 Å². The van der Waals surface area contributed by atoms with E-state index in [4.69, 9.17) is 14.2 Å². The average Bonchev–Trinajstić information content (AvgIpc) is 3.36. The van der Waals surface area contributed by atoms with Gasteiger partial charge in [0, 0.05) is 13.0 Å². The maximum atomic E-state index is 13.1. The van der Waals surface area contributed by atoms with Crippen LogP contribution in [0.4, 0.5) is 4.79 Å². The molecule has 0 saturated carbocycles. The van der Waals surface area contributed by atoms with Crippen molar-refractivity contribution in [3.8, 4) is 11.1 Å². The first-order chi connectivity index (χ1) is 16.7. The number of carbonyl (C=O) groups is 3. The van der Waals surface area contributed by atoms with Gasteiger partial charge in [-0.3, -0.25) is 4.79 Å². The van der Waals surface area contributed by atoms with Crippen LogP contribution in [0.3, 0.4) is 0 Å². The highest BCUT2D eigenvalue weighted by molar-refractivity contribution is 5.91. The molecule has 9 heteroatoms. The normalized spacial score (nSPS) is 22.5. The first kappa shape index (κ1) is 24.7. The van der Waals surface area contributed by atoms with E-state index in [0.717, 1.165) is 22.3 Å². The largest absolute Gasteiger partial charge is 0.479 e. The molecule has 186 valence electrons. The Kier molecular flexibility index (Phi) is 6.82. The molecule has 2 amide bonds. The van der Waals surface area contributed by atoms with Crippen LogP contribution in [0.2, 0.25) is 0 Å². The fourth-order valence-corrected chi connectivity index (χ4v) is 4.71. The Balaban J connectivity index is 1.42. The zero-order valence-electron chi connectivity index (χ0n) is 20.0. The summed E-state index contributed by atoms with van der Waals surface area (Å²) >= 11 is 0. The molecular weight excluding hydrogens is 452 g/mol. The summed E-state index contributed by atoms with van der Waals surface area (Å²) < 4.78 is 16.1. The minimum Gasteiger partial charge on any atom is -0.479 e. The van der Waals surface area contributed by atoms with Gasteiger partial charge in [-0.15, -0.1) is 0 Å². The summed E-state index contributed by atoms with van der Waals surface area (Å²) in [6.07, 6.45) is -0.667. The second-order valence-corrected chi connectivity index (χ2v) is 9.48. The molecule has 2 aromatic carbocycles. The second-order valence-electron chi connectivity index (χ2n) is 9.48. The van der Waals surface area contributed by atoms with Crippen LogP contribution in [0.25, 0.3) is 11.1 Å². The van der Waals surface area contributed by atoms with E-state index in [-0.39, 0.29) is 32.3 Å². The molecular formula is C26H30N2O7. The number of ether oxygens (including phenoxy) is 3. The number of fused-ring (bicyclic) bond motifs is 3. The van der Waals surface area contributed by atoms with Crippen LogP contribution in [0.5, 0.6) is 0 Å². The van der Waals surface area contributed by atoms with E-state index in [2.05, 4.69) is 22.8 Å². The van der Waals surface area contributed by atoms with Crippen LogP contribution in [0, 0.1) is 5.41 Å². The molecule has 0 radical (unpaired) electrons. The van der Waals surface area contributed by atoms with Crippen molar-refractivity contribution < 1.29 is 33.7 Å². The van der Waals surface area contributed by atoms with E-state index >= 15 is 0 Å². The van der Waals surface area contributed by atoms with Crippen LogP contribution in [0.15, 0.2) is 48.5 Å². The lowest BCUT2D eigenvalue weighted by molar-refractivity contribution is -0.151. The van der Waals surface area contributed by atoms with Crippen molar-refractivity contribution in [3.05, 3.63) is 59.7 Å². The van der Waals surface area contributed by atoms with Gasteiger partial charge in [-0.2, -0.15) is 0 Å². The quantitative estimate of drug-likeness (QED) is 0.528. The third-order valence-electron chi connectivity index (χ3n) is 6.90. The monoisotopic (exact) mass is 482 g/mol. The first-order valence-electron chi connectivity index (χ1n) is 11.4. The lowest BCUT2D eigenvalue weighted by atomic mass is 9.83. The average molecular weight is 483 g/mol. The molecule has 2 aromatic rings. The minimum atomic E-state index is -1.62. The molecule has 3 atom stereocenters. The van der Waals surface area contributed by atoms with Gasteiger partial charge >= 0.3 is 12.1 Å². The Morgan fingerprint density at radius 3 is 2.29 bits per heavy atom. The SMILES string of the molecule is COCC(C)(NC(=O)C1(C)COCC1NC(=O)OCC1c2ccccc2-c2ccccc21)C(=O)O. The summed E-state index contributed by atoms with van der Waals surface area (Å²) in [5, 5.41) is 14.8. The molecule has 1 fully saturated rings. The van der Waals surface area contributed by atoms with Crippen molar-refractivity contribution in [2.75, 3.05) is 33.5 Å². The van der Waals surface area contributed by atoms with E-state index in [0.29, 0.717) is 0 Å². The fourth-order valence-electron chi connectivity index (χ4n) is 4.71. The molecule has 2 aliphatic rings. The van der Waals surface area contributed by atoms with E-state index in [1.807, 2.05) is 36.4 Å². The van der Waals surface area contributed by atoms with Gasteiger partial charge in [0.05, 0.1) is 31.3 Å². The van der Waals surface area contributed by atoms with Crippen molar-refractivity contribution in [1.29, 1.82) is 0 Å². The summed E-state index contributed by atoms with van der Waals surface area (Å²) in [6, 6.07) is 15.4. The number of alkyl carbamates (subject to hydrolysis) is 1. The summed E-state index contributed by atoms with van der Waals surface area (Å²) in [5.41, 5.74) is 1.65. The van der Waals surface area contributed by atoms with Crippen LogP contribution in [0.1, 0.15) is 30.9 Å². The molecule has 1 aliphatic heterocycles. The number of methoxy groups -OCH3 is 1. The second kappa shape index (κ2) is 9.67. The maximum absolute atomic E-state index is 13.1. The Labute approximate surface area is 203 Å². The van der Waals surface area contributed by atoms with Crippen molar-refractivity contribution in [3.63, 3.8) is 0 Å². The van der Waals surface area contributed by atoms with E-state index in [1.165, 1.54) is 14.0 Å². The van der Waals surface area contributed by atoms with E-state index < -0.39 is 35.0 Å². The summed E-state index contributed by atoms with van der Waals surface area (Å²) in [4.78, 5) is 37.5. The third kappa shape index (κ3) is 4.61. The number of amides is 2. The number of carboxylic acid groups (broad SMARTS) is 1. The molecule has 4 rings (SSSR count). The molecule has 1 heterocycles. The molecule has 3 N–H and O–H groups in total. The maximum Gasteiger partial charge on any atom is 0.407 e. The van der Waals surface area contributed by atoms with Crippen molar-refractivity contribution in [1.82, 2.24) is 10.6 Å². The molecule has 0 spiro atoms. The van der Waals surface area contributed by atoms with Crippen molar-refractivity contribution >= 4 is 18.0 Å². The molecule has 3 unspecified atom stereocenters. The van der Waals surface area contributed by atoms with Crippen molar-refractivity contribution in [2.45, 2.75) is 31.3 Å². The number of aliphatic carboxylic acids is 1. The van der Waals surface area contributed by atoms with Gasteiger partial charge in [0.15, 0.2) is 5.54 Å². The van der Waals surface area contributed by atoms with Gasteiger partial charge < -0.3 is 30.0 Å². The van der Waals surface area contributed by atoms with Gasteiger partial charge in [0.25, 0.3) is 0 Å². The number of carboxylic acids is 1. The summed E-state index contributed by atoms with van der Waals surface area (Å²) in [7, 11) is 1.36. The molecule has 0 bridgehead atoms. The van der Waals surface area contributed by atoms with E-state index in [9.17, 15) is 19.5 Å². The van der Waals surface area contributed by atoms with Gasteiger partial charge in [-0.25, -0.2) is 9.59 Å². The lowest BCUT2D eigenvalue weighted by Crippen LogP contribution is -2.62. The first-order valence-corrected chi connectivity index (χ1v) is 11.4. The van der Waals surface area contributed by atoms with E-state index in [1.54, 1.807) is 6.92 Å². The van der Waals surface area contributed by atoms with Crippen LogP contribution >= 0.6 is 0 Å². The molecule has 1 saturated heterocycles. The highest BCUT2D eigenvalue weighted by Crippen LogP contribution is 2.44. The topological polar surface area (TPSA) is 123 Å². The number of rotatable bonds is 8. The zero-order valence-corrected chi connectivity index (χ0v) is 20.0. The fraction of sp³-hybridized carbons (Fsp3) is 0.423. The smallest absolute Gasteiger partial charge is 0.407 e. The molecule has 1 aliphatic carbocycles. The molecule has 9 nitrogen and oxygen atoms in total. The Bertz CT molecular complexity index is 1090. The van der Waals surface area contributed by atoms with Gasteiger partial charge in [-0.1, -0.05) is 48.5 Å². The van der Waals surface area contributed by atoms with Gasteiger partial charge in [0.1, 0.15) is 6.61 Å². The van der Waals surface area contributed by atoms with Gasteiger partial charge in [-0.05, 0) is 36.1 Å². The highest BCUT2D eigenvalue weighted by Gasteiger charge is 2.50. The predicted octanol–water partition coefficient (Wildman–Crippen LogP) is 2.54. The zero-order chi connectivity index (χ0) is 25.2. The predicted molar refractivity (Wildman–Crippen MR) is 127 cm³/mol. The molecule has 35 heavy (non-hydrogen) atoms. The Morgan fingerprint density at radius 1 is 1.11 bits per heavy atom. The van der Waals surface area contributed by atoms with Crippen molar-refractivity contribution in [2.24, 2.45) is 5.41 Å².